The molecule has 1 heterocycles. The molecule has 1 amide bonds. The van der Waals surface area contributed by atoms with Crippen LogP contribution in [0.1, 0.15) is 27.5 Å². The van der Waals surface area contributed by atoms with Crippen molar-refractivity contribution in [2.75, 3.05) is 5.32 Å². The van der Waals surface area contributed by atoms with Gasteiger partial charge in [0.25, 0.3) is 0 Å². The van der Waals surface area contributed by atoms with Crippen molar-refractivity contribution >= 4 is 34.4 Å². The number of anilines is 1. The third-order valence-corrected chi connectivity index (χ3v) is 5.98. The van der Waals surface area contributed by atoms with Gasteiger partial charge < -0.3 is 10.3 Å². The van der Waals surface area contributed by atoms with E-state index in [0.717, 1.165) is 38.6 Å². The first-order valence-electron chi connectivity index (χ1n) is 9.56. The van der Waals surface area contributed by atoms with Crippen molar-refractivity contribution in [2.24, 2.45) is 0 Å². The van der Waals surface area contributed by atoms with Crippen LogP contribution in [0.4, 0.5) is 5.69 Å². The summed E-state index contributed by atoms with van der Waals surface area (Å²) >= 11 is 1.43. The van der Waals surface area contributed by atoms with E-state index in [-0.39, 0.29) is 5.91 Å². The zero-order chi connectivity index (χ0) is 20.4. The molecule has 3 aromatic carbocycles. The summed E-state index contributed by atoms with van der Waals surface area (Å²) in [6.07, 6.45) is 0. The number of fused-ring (bicyclic) bond motifs is 1. The Kier molecular flexibility index (Phi) is 5.41. The molecule has 0 fully saturated rings. The van der Waals surface area contributed by atoms with E-state index in [1.54, 1.807) is 0 Å². The topological polar surface area (TPSA) is 57.8 Å². The first-order valence-corrected chi connectivity index (χ1v) is 10.4. The number of carbonyl (C=O) groups is 1. The van der Waals surface area contributed by atoms with Crippen LogP contribution in [0.15, 0.2) is 71.9 Å². The molecule has 0 aliphatic carbocycles. The number of thioether (sulfide) groups is 1. The van der Waals surface area contributed by atoms with Gasteiger partial charge >= 0.3 is 0 Å². The summed E-state index contributed by atoms with van der Waals surface area (Å²) in [5.74, 6) is -0.0634. The predicted molar refractivity (Wildman–Crippen MR) is 120 cm³/mol. The van der Waals surface area contributed by atoms with Crippen molar-refractivity contribution in [3.05, 3.63) is 89.0 Å². The summed E-state index contributed by atoms with van der Waals surface area (Å²) in [5.41, 5.74) is 7.00. The Hall–Kier alpha value is -3.05. The number of aryl methyl sites for hydroxylation is 3. The van der Waals surface area contributed by atoms with Crippen molar-refractivity contribution in [2.45, 2.75) is 31.2 Å². The Balaban J connectivity index is 1.65. The molecule has 29 heavy (non-hydrogen) atoms. The fourth-order valence-electron chi connectivity index (χ4n) is 3.24. The molecule has 0 radical (unpaired) electrons. The number of aromatic amines is 1. The monoisotopic (exact) mass is 401 g/mol. The Morgan fingerprint density at radius 1 is 0.966 bits per heavy atom. The molecular weight excluding hydrogens is 378 g/mol. The van der Waals surface area contributed by atoms with Crippen LogP contribution in [-0.2, 0) is 4.79 Å². The Morgan fingerprint density at radius 3 is 2.48 bits per heavy atom. The maximum Gasteiger partial charge on any atom is 0.242 e. The SMILES string of the molecule is Cc1ccc(C)c(NC(=O)[C@H](Sc2nc3ccc(C)cc3[nH]2)c2ccccc2)c1. The van der Waals surface area contributed by atoms with Crippen molar-refractivity contribution in [1.82, 2.24) is 9.97 Å². The highest BCUT2D eigenvalue weighted by Crippen LogP contribution is 2.36. The molecule has 0 saturated carbocycles. The van der Waals surface area contributed by atoms with Gasteiger partial charge in [-0.2, -0.15) is 0 Å². The summed E-state index contributed by atoms with van der Waals surface area (Å²) in [6.45, 7) is 6.08. The summed E-state index contributed by atoms with van der Waals surface area (Å²) in [7, 11) is 0. The van der Waals surface area contributed by atoms with Gasteiger partial charge in [0.15, 0.2) is 5.16 Å². The molecule has 1 aromatic heterocycles. The molecule has 1 atom stereocenters. The number of nitrogens with zero attached hydrogens (tertiary/aromatic N) is 1. The lowest BCUT2D eigenvalue weighted by Gasteiger charge is -2.17. The molecule has 4 nitrogen and oxygen atoms in total. The van der Waals surface area contributed by atoms with Gasteiger partial charge in [-0.1, -0.05) is 60.3 Å². The standard InChI is InChI=1S/C24H23N3OS/c1-15-9-11-17(3)20(13-15)25-23(28)22(18-7-5-4-6-8-18)29-24-26-19-12-10-16(2)14-21(19)27-24/h4-14,22H,1-3H3,(H,25,28)(H,26,27)/t22-/m1/s1. The molecule has 0 bridgehead atoms. The minimum Gasteiger partial charge on any atom is -0.333 e. The van der Waals surface area contributed by atoms with Crippen molar-refractivity contribution in [1.29, 1.82) is 0 Å². The number of imidazole rings is 1. The second-order valence-electron chi connectivity index (χ2n) is 7.28. The van der Waals surface area contributed by atoms with Gasteiger partial charge in [-0.05, 0) is 61.2 Å². The first kappa shape index (κ1) is 19.3. The average molecular weight is 402 g/mol. The van der Waals surface area contributed by atoms with Gasteiger partial charge in [0.2, 0.25) is 5.91 Å². The van der Waals surface area contributed by atoms with Gasteiger partial charge in [-0.15, -0.1) is 0 Å². The summed E-state index contributed by atoms with van der Waals surface area (Å²) in [5, 5.41) is 3.42. The van der Waals surface area contributed by atoms with Crippen LogP contribution in [0, 0.1) is 20.8 Å². The highest BCUT2D eigenvalue weighted by atomic mass is 32.2. The van der Waals surface area contributed by atoms with Crippen LogP contribution in [-0.4, -0.2) is 15.9 Å². The highest BCUT2D eigenvalue weighted by molar-refractivity contribution is 8.00. The fourth-order valence-corrected chi connectivity index (χ4v) is 4.24. The normalized spacial score (nSPS) is 12.1. The van der Waals surface area contributed by atoms with Crippen molar-refractivity contribution in [3.63, 3.8) is 0 Å². The molecule has 0 saturated heterocycles. The lowest BCUT2D eigenvalue weighted by Crippen LogP contribution is -2.19. The molecular formula is C24H23N3OS. The van der Waals surface area contributed by atoms with E-state index in [1.807, 2.05) is 74.5 Å². The summed E-state index contributed by atoms with van der Waals surface area (Å²) in [6, 6.07) is 22.0. The number of H-pyrrole nitrogens is 1. The molecule has 4 rings (SSSR count). The minimum atomic E-state index is -0.419. The minimum absolute atomic E-state index is 0.0634. The van der Waals surface area contributed by atoms with E-state index >= 15 is 0 Å². The fraction of sp³-hybridized carbons (Fsp3) is 0.167. The Labute approximate surface area is 174 Å². The second kappa shape index (κ2) is 8.13. The predicted octanol–water partition coefficient (Wildman–Crippen LogP) is 5.96. The number of nitrogens with one attached hydrogen (secondary N) is 2. The van der Waals surface area contributed by atoms with Crippen LogP contribution < -0.4 is 5.32 Å². The lowest BCUT2D eigenvalue weighted by atomic mass is 10.1. The number of amides is 1. The largest absolute Gasteiger partial charge is 0.333 e. The average Bonchev–Trinajstić information content (AvgIpc) is 3.11. The first-order chi connectivity index (χ1) is 14.0. The smallest absolute Gasteiger partial charge is 0.242 e. The van der Waals surface area contributed by atoms with E-state index in [0.29, 0.717) is 0 Å². The van der Waals surface area contributed by atoms with Crippen molar-refractivity contribution < 1.29 is 4.79 Å². The van der Waals surface area contributed by atoms with Gasteiger partial charge in [0.1, 0.15) is 5.25 Å². The van der Waals surface area contributed by atoms with Gasteiger partial charge in [0.05, 0.1) is 11.0 Å². The maximum absolute atomic E-state index is 13.3. The molecule has 5 heteroatoms. The van der Waals surface area contributed by atoms with E-state index in [1.165, 1.54) is 17.3 Å². The molecule has 0 aliphatic heterocycles. The summed E-state index contributed by atoms with van der Waals surface area (Å²) < 4.78 is 0. The molecule has 2 N–H and O–H groups in total. The molecule has 0 unspecified atom stereocenters. The zero-order valence-corrected chi connectivity index (χ0v) is 17.5. The van der Waals surface area contributed by atoms with Crippen LogP contribution >= 0.6 is 11.8 Å². The van der Waals surface area contributed by atoms with Gasteiger partial charge in [0, 0.05) is 5.69 Å². The Morgan fingerprint density at radius 2 is 1.69 bits per heavy atom. The number of rotatable bonds is 5. The third-order valence-electron chi connectivity index (χ3n) is 4.84. The van der Waals surface area contributed by atoms with Crippen LogP contribution in [0.2, 0.25) is 0 Å². The number of hydrogen-bond acceptors (Lipinski definition) is 3. The number of carbonyl (C=O) groups excluding carboxylic acids is 1. The van der Waals surface area contributed by atoms with Gasteiger partial charge in [-0.25, -0.2) is 4.98 Å². The van der Waals surface area contributed by atoms with Crippen molar-refractivity contribution in [3.8, 4) is 0 Å². The van der Waals surface area contributed by atoms with Gasteiger partial charge in [-0.3, -0.25) is 4.79 Å². The number of benzene rings is 3. The molecule has 146 valence electrons. The molecule has 0 aliphatic rings. The van der Waals surface area contributed by atoms with Crippen LogP contribution in [0.5, 0.6) is 0 Å². The third kappa shape index (κ3) is 4.35. The molecule has 4 aromatic rings. The second-order valence-corrected chi connectivity index (χ2v) is 8.37. The van der Waals surface area contributed by atoms with Crippen LogP contribution in [0.3, 0.4) is 0 Å². The maximum atomic E-state index is 13.3. The quantitative estimate of drug-likeness (QED) is 0.406. The molecule has 0 spiro atoms. The summed E-state index contributed by atoms with van der Waals surface area (Å²) in [4.78, 5) is 21.3. The van der Waals surface area contributed by atoms with Crippen LogP contribution in [0.25, 0.3) is 11.0 Å². The van der Waals surface area contributed by atoms with E-state index in [2.05, 4.69) is 28.3 Å². The highest BCUT2D eigenvalue weighted by Gasteiger charge is 2.24. The van der Waals surface area contributed by atoms with E-state index in [9.17, 15) is 4.79 Å². The number of hydrogen-bond donors (Lipinski definition) is 2. The van der Waals surface area contributed by atoms with E-state index < -0.39 is 5.25 Å². The zero-order valence-electron chi connectivity index (χ0n) is 16.7. The number of aromatic nitrogens is 2. The van der Waals surface area contributed by atoms with E-state index in [4.69, 9.17) is 0 Å². The lowest BCUT2D eigenvalue weighted by molar-refractivity contribution is -0.115. The Bertz CT molecular complexity index is 1170.